The van der Waals surface area contributed by atoms with Crippen LogP contribution in [0.3, 0.4) is 0 Å². The van der Waals surface area contributed by atoms with E-state index in [-0.39, 0.29) is 5.69 Å². The molecule has 0 aliphatic carbocycles. The smallest absolute Gasteiger partial charge is 0.332 e. The van der Waals surface area contributed by atoms with Crippen molar-refractivity contribution in [3.8, 4) is 0 Å². The Kier molecular flexibility index (Phi) is 3.69. The van der Waals surface area contributed by atoms with Gasteiger partial charge in [-0.3, -0.25) is 14.6 Å². The fourth-order valence-electron chi connectivity index (χ4n) is 0.725. The summed E-state index contributed by atoms with van der Waals surface area (Å²) in [6, 6.07) is 0. The van der Waals surface area contributed by atoms with E-state index < -0.39 is 18.5 Å². The van der Waals surface area contributed by atoms with Crippen LogP contribution in [0.4, 0.5) is 0 Å². The van der Waals surface area contributed by atoms with Crippen LogP contribution in [0.2, 0.25) is 0 Å². The Morgan fingerprint density at radius 2 is 2.20 bits per heavy atom. The van der Waals surface area contributed by atoms with Gasteiger partial charge in [0.15, 0.2) is 6.61 Å². The minimum absolute atomic E-state index is 0.0611. The molecule has 7 nitrogen and oxygen atoms in total. The van der Waals surface area contributed by atoms with Crippen molar-refractivity contribution in [2.45, 2.75) is 6.92 Å². The SMILES string of the molecule is Cc1cnc(C(=O)NOCC(=O)O)cn1. The molecule has 1 amide bonds. The monoisotopic (exact) mass is 211 g/mol. The number of carboxylic acid groups (broad SMARTS) is 1. The van der Waals surface area contributed by atoms with Crippen molar-refractivity contribution < 1.29 is 19.5 Å². The van der Waals surface area contributed by atoms with Gasteiger partial charge in [0, 0.05) is 6.20 Å². The predicted molar refractivity (Wildman–Crippen MR) is 47.8 cm³/mol. The van der Waals surface area contributed by atoms with Crippen LogP contribution in [0.25, 0.3) is 0 Å². The number of nitrogens with zero attached hydrogens (tertiary/aromatic N) is 2. The van der Waals surface area contributed by atoms with Gasteiger partial charge >= 0.3 is 5.97 Å². The third-order valence-corrected chi connectivity index (χ3v) is 1.37. The molecule has 15 heavy (non-hydrogen) atoms. The van der Waals surface area contributed by atoms with E-state index in [4.69, 9.17) is 5.11 Å². The van der Waals surface area contributed by atoms with Crippen LogP contribution in [0.1, 0.15) is 16.2 Å². The second-order valence-electron chi connectivity index (χ2n) is 2.66. The summed E-state index contributed by atoms with van der Waals surface area (Å²) in [6.45, 7) is 1.13. The van der Waals surface area contributed by atoms with Crippen LogP contribution in [-0.2, 0) is 9.63 Å². The minimum Gasteiger partial charge on any atom is -0.479 e. The van der Waals surface area contributed by atoms with E-state index in [2.05, 4.69) is 14.8 Å². The molecule has 1 aromatic heterocycles. The summed E-state index contributed by atoms with van der Waals surface area (Å²) in [7, 11) is 0. The number of carbonyl (C=O) groups is 2. The second-order valence-corrected chi connectivity index (χ2v) is 2.66. The van der Waals surface area contributed by atoms with Crippen LogP contribution in [0.15, 0.2) is 12.4 Å². The summed E-state index contributed by atoms with van der Waals surface area (Å²) in [5.74, 6) is -1.81. The van der Waals surface area contributed by atoms with Crippen LogP contribution >= 0.6 is 0 Å². The molecule has 7 heteroatoms. The molecule has 1 rings (SSSR count). The fraction of sp³-hybridized carbons (Fsp3) is 0.250. The highest BCUT2D eigenvalue weighted by Crippen LogP contribution is 1.93. The molecule has 0 fully saturated rings. The molecule has 1 heterocycles. The molecule has 0 aliphatic heterocycles. The summed E-state index contributed by atoms with van der Waals surface area (Å²) in [4.78, 5) is 33.3. The Morgan fingerprint density at radius 3 is 2.73 bits per heavy atom. The Balaban J connectivity index is 2.47. The van der Waals surface area contributed by atoms with Crippen LogP contribution in [0, 0.1) is 6.92 Å². The van der Waals surface area contributed by atoms with Crippen molar-refractivity contribution >= 4 is 11.9 Å². The van der Waals surface area contributed by atoms with Gasteiger partial charge in [-0.1, -0.05) is 0 Å². The molecule has 1 aromatic rings. The highest BCUT2D eigenvalue weighted by molar-refractivity contribution is 5.91. The Bertz CT molecular complexity index is 363. The Morgan fingerprint density at radius 1 is 1.47 bits per heavy atom. The Hall–Kier alpha value is -2.02. The van der Waals surface area contributed by atoms with E-state index in [9.17, 15) is 9.59 Å². The van der Waals surface area contributed by atoms with E-state index in [1.54, 1.807) is 6.92 Å². The van der Waals surface area contributed by atoms with Crippen molar-refractivity contribution in [2.75, 3.05) is 6.61 Å². The van der Waals surface area contributed by atoms with Gasteiger partial charge in [-0.15, -0.1) is 0 Å². The molecule has 0 aliphatic rings. The summed E-state index contributed by atoms with van der Waals surface area (Å²) in [5, 5.41) is 8.23. The van der Waals surface area contributed by atoms with Crippen LogP contribution in [-0.4, -0.2) is 33.6 Å². The van der Waals surface area contributed by atoms with Gasteiger partial charge in [-0.25, -0.2) is 15.3 Å². The van der Waals surface area contributed by atoms with Crippen molar-refractivity contribution in [3.63, 3.8) is 0 Å². The van der Waals surface area contributed by atoms with Crippen molar-refractivity contribution in [1.82, 2.24) is 15.4 Å². The quantitative estimate of drug-likeness (QED) is 0.653. The average molecular weight is 211 g/mol. The van der Waals surface area contributed by atoms with E-state index >= 15 is 0 Å². The van der Waals surface area contributed by atoms with Gasteiger partial charge in [0.2, 0.25) is 0 Å². The van der Waals surface area contributed by atoms with Gasteiger partial charge in [0.1, 0.15) is 5.69 Å². The first-order valence-electron chi connectivity index (χ1n) is 4.02. The van der Waals surface area contributed by atoms with E-state index in [1.807, 2.05) is 5.48 Å². The first kappa shape index (κ1) is 11.1. The van der Waals surface area contributed by atoms with Crippen LogP contribution in [0.5, 0.6) is 0 Å². The second kappa shape index (κ2) is 5.01. The number of carbonyl (C=O) groups excluding carboxylic acids is 1. The third-order valence-electron chi connectivity index (χ3n) is 1.37. The van der Waals surface area contributed by atoms with E-state index in [0.717, 1.165) is 0 Å². The minimum atomic E-state index is -1.18. The zero-order chi connectivity index (χ0) is 11.3. The number of aryl methyl sites for hydroxylation is 1. The van der Waals surface area contributed by atoms with Crippen LogP contribution < -0.4 is 5.48 Å². The molecular weight excluding hydrogens is 202 g/mol. The van der Waals surface area contributed by atoms with Gasteiger partial charge in [0.05, 0.1) is 11.9 Å². The average Bonchev–Trinajstić information content (AvgIpc) is 2.18. The summed E-state index contributed by atoms with van der Waals surface area (Å²) >= 11 is 0. The molecule has 2 N–H and O–H groups in total. The molecule has 80 valence electrons. The zero-order valence-corrected chi connectivity index (χ0v) is 7.93. The predicted octanol–water partition coefficient (Wildman–Crippen LogP) is -0.469. The normalized spacial score (nSPS) is 9.67. The van der Waals surface area contributed by atoms with Crippen molar-refractivity contribution in [3.05, 3.63) is 23.8 Å². The molecule has 0 bridgehead atoms. The maximum atomic E-state index is 11.2. The zero-order valence-electron chi connectivity index (χ0n) is 7.93. The molecule has 0 saturated carbocycles. The summed E-state index contributed by atoms with van der Waals surface area (Å²) < 4.78 is 0. The highest BCUT2D eigenvalue weighted by Gasteiger charge is 2.07. The number of carboxylic acids is 1. The lowest BCUT2D eigenvalue weighted by Crippen LogP contribution is -2.27. The van der Waals surface area contributed by atoms with E-state index in [0.29, 0.717) is 5.69 Å². The molecular formula is C8H9N3O4. The number of aliphatic carboxylic acids is 1. The first-order valence-corrected chi connectivity index (χ1v) is 4.02. The number of amides is 1. The number of rotatable bonds is 4. The highest BCUT2D eigenvalue weighted by atomic mass is 16.7. The fourth-order valence-corrected chi connectivity index (χ4v) is 0.725. The van der Waals surface area contributed by atoms with E-state index in [1.165, 1.54) is 12.4 Å². The summed E-state index contributed by atoms with van der Waals surface area (Å²) in [5.41, 5.74) is 2.67. The maximum absolute atomic E-state index is 11.2. The number of nitrogens with one attached hydrogen (secondary N) is 1. The maximum Gasteiger partial charge on any atom is 0.332 e. The lowest BCUT2D eigenvalue weighted by Gasteiger charge is -2.02. The molecule has 0 aromatic carbocycles. The van der Waals surface area contributed by atoms with Gasteiger partial charge < -0.3 is 5.11 Å². The Labute approximate surface area is 85.1 Å². The third kappa shape index (κ3) is 3.69. The first-order chi connectivity index (χ1) is 7.09. The van der Waals surface area contributed by atoms with Gasteiger partial charge in [0.25, 0.3) is 5.91 Å². The largest absolute Gasteiger partial charge is 0.479 e. The summed E-state index contributed by atoms with van der Waals surface area (Å²) in [6.07, 6.45) is 2.70. The number of hydrogen-bond acceptors (Lipinski definition) is 5. The molecule has 0 unspecified atom stereocenters. The lowest BCUT2D eigenvalue weighted by atomic mass is 10.4. The molecule has 0 radical (unpaired) electrons. The number of hydrogen-bond donors (Lipinski definition) is 2. The van der Waals surface area contributed by atoms with Crippen molar-refractivity contribution in [1.29, 1.82) is 0 Å². The number of aromatic nitrogens is 2. The van der Waals surface area contributed by atoms with Gasteiger partial charge in [-0.05, 0) is 6.92 Å². The lowest BCUT2D eigenvalue weighted by molar-refractivity contribution is -0.144. The standard InChI is InChI=1S/C8H9N3O4/c1-5-2-10-6(3-9-5)8(14)11-15-4-7(12)13/h2-3H,4H2,1H3,(H,11,14)(H,12,13). The number of hydroxylamine groups is 1. The van der Waals surface area contributed by atoms with Crippen molar-refractivity contribution in [2.24, 2.45) is 0 Å². The molecule has 0 saturated heterocycles. The molecule has 0 spiro atoms. The molecule has 0 atom stereocenters. The topological polar surface area (TPSA) is 101 Å². The van der Waals surface area contributed by atoms with Gasteiger partial charge in [-0.2, -0.15) is 0 Å².